The quantitative estimate of drug-likeness (QED) is 0.847. The standard InChI is InChI=1S/C20H31N3O3/c1-21-5-2-6-22(8-7-21)11-17-12-23(13-18(17)14-24)10-16-3-4-19-20(9-16)26-15-25-19/h3-4,9,17-18,24H,2,5-8,10-15H2,1H3/t17-,18-/m1/s1. The first-order chi connectivity index (χ1) is 12.7. The van der Waals surface area contributed by atoms with Crippen molar-refractivity contribution in [1.29, 1.82) is 0 Å². The highest BCUT2D eigenvalue weighted by Gasteiger charge is 2.33. The monoisotopic (exact) mass is 361 g/mol. The number of ether oxygens (including phenoxy) is 2. The van der Waals surface area contributed by atoms with Crippen LogP contribution in [0.2, 0.25) is 0 Å². The first-order valence-electron chi connectivity index (χ1n) is 9.84. The third kappa shape index (κ3) is 4.14. The average Bonchev–Trinajstić information content (AvgIpc) is 3.19. The van der Waals surface area contributed by atoms with Gasteiger partial charge in [0.1, 0.15) is 0 Å². The van der Waals surface area contributed by atoms with Crippen LogP contribution in [0, 0.1) is 11.8 Å². The van der Waals surface area contributed by atoms with Crippen molar-refractivity contribution < 1.29 is 14.6 Å². The number of fused-ring (bicyclic) bond motifs is 1. The zero-order valence-electron chi connectivity index (χ0n) is 15.8. The van der Waals surface area contributed by atoms with E-state index in [0.717, 1.165) is 50.8 Å². The normalized spacial score (nSPS) is 27.8. The largest absolute Gasteiger partial charge is 0.454 e. The molecule has 0 unspecified atom stereocenters. The minimum absolute atomic E-state index is 0.288. The molecule has 2 atom stereocenters. The van der Waals surface area contributed by atoms with E-state index in [1.807, 2.05) is 6.07 Å². The molecule has 6 heteroatoms. The van der Waals surface area contributed by atoms with Gasteiger partial charge < -0.3 is 24.4 Å². The van der Waals surface area contributed by atoms with Crippen LogP contribution in [0.5, 0.6) is 11.5 Å². The van der Waals surface area contributed by atoms with E-state index in [1.165, 1.54) is 25.1 Å². The number of nitrogens with zero attached hydrogens (tertiary/aromatic N) is 3. The maximum Gasteiger partial charge on any atom is 0.231 e. The van der Waals surface area contributed by atoms with E-state index in [2.05, 4.69) is 33.9 Å². The maximum atomic E-state index is 9.88. The van der Waals surface area contributed by atoms with E-state index >= 15 is 0 Å². The molecule has 0 aliphatic carbocycles. The summed E-state index contributed by atoms with van der Waals surface area (Å²) < 4.78 is 10.9. The summed E-state index contributed by atoms with van der Waals surface area (Å²) in [5, 5.41) is 9.88. The van der Waals surface area contributed by atoms with Crippen molar-refractivity contribution in [3.63, 3.8) is 0 Å². The molecule has 1 aromatic carbocycles. The summed E-state index contributed by atoms with van der Waals surface area (Å²) in [5.74, 6) is 2.63. The second-order valence-corrected chi connectivity index (χ2v) is 8.04. The average molecular weight is 361 g/mol. The highest BCUT2D eigenvalue weighted by Crippen LogP contribution is 2.33. The molecule has 0 bridgehead atoms. The fourth-order valence-corrected chi connectivity index (χ4v) is 4.49. The first kappa shape index (κ1) is 18.0. The molecule has 3 heterocycles. The van der Waals surface area contributed by atoms with Crippen molar-refractivity contribution in [2.45, 2.75) is 13.0 Å². The summed E-state index contributed by atoms with van der Waals surface area (Å²) in [6.07, 6.45) is 1.24. The molecule has 1 aromatic rings. The lowest BCUT2D eigenvalue weighted by Crippen LogP contribution is -2.36. The Morgan fingerprint density at radius 3 is 2.73 bits per heavy atom. The van der Waals surface area contributed by atoms with E-state index in [-0.39, 0.29) is 6.61 Å². The minimum Gasteiger partial charge on any atom is -0.454 e. The number of aliphatic hydroxyl groups is 1. The third-order valence-corrected chi connectivity index (χ3v) is 6.03. The van der Waals surface area contributed by atoms with Gasteiger partial charge in [-0.2, -0.15) is 0 Å². The van der Waals surface area contributed by atoms with Gasteiger partial charge in [-0.3, -0.25) is 4.90 Å². The fourth-order valence-electron chi connectivity index (χ4n) is 4.49. The lowest BCUT2D eigenvalue weighted by molar-refractivity contribution is 0.165. The van der Waals surface area contributed by atoms with Gasteiger partial charge >= 0.3 is 0 Å². The Balaban J connectivity index is 1.34. The molecule has 6 nitrogen and oxygen atoms in total. The minimum atomic E-state index is 0.288. The summed E-state index contributed by atoms with van der Waals surface area (Å²) in [7, 11) is 2.21. The SMILES string of the molecule is CN1CCCN(C[C@@H]2CN(Cc3ccc4c(c3)OCO4)C[C@@H]2CO)CC1. The summed E-state index contributed by atoms with van der Waals surface area (Å²) in [6.45, 7) is 9.34. The molecule has 2 saturated heterocycles. The molecule has 3 aliphatic rings. The summed E-state index contributed by atoms with van der Waals surface area (Å²) in [6, 6.07) is 6.22. The molecule has 1 N–H and O–H groups in total. The van der Waals surface area contributed by atoms with Gasteiger partial charge in [-0.1, -0.05) is 6.07 Å². The number of likely N-dealkylation sites (N-methyl/N-ethyl adjacent to an activating group) is 1. The van der Waals surface area contributed by atoms with E-state index in [4.69, 9.17) is 9.47 Å². The Labute approximate surface area is 156 Å². The number of aliphatic hydroxyl groups excluding tert-OH is 1. The molecule has 26 heavy (non-hydrogen) atoms. The number of hydrogen-bond acceptors (Lipinski definition) is 6. The Morgan fingerprint density at radius 1 is 1.00 bits per heavy atom. The Morgan fingerprint density at radius 2 is 1.85 bits per heavy atom. The third-order valence-electron chi connectivity index (χ3n) is 6.03. The van der Waals surface area contributed by atoms with Crippen LogP contribution in [-0.2, 0) is 6.54 Å². The lowest BCUT2D eigenvalue weighted by Gasteiger charge is -2.26. The number of benzene rings is 1. The summed E-state index contributed by atoms with van der Waals surface area (Å²) >= 11 is 0. The zero-order chi connectivity index (χ0) is 17.9. The van der Waals surface area contributed by atoms with Gasteiger partial charge in [0.15, 0.2) is 11.5 Å². The second-order valence-electron chi connectivity index (χ2n) is 8.04. The van der Waals surface area contributed by atoms with Gasteiger partial charge in [-0.15, -0.1) is 0 Å². The second kappa shape index (κ2) is 8.13. The van der Waals surface area contributed by atoms with E-state index < -0.39 is 0 Å². The number of hydrogen-bond donors (Lipinski definition) is 1. The molecule has 0 radical (unpaired) electrons. The van der Waals surface area contributed by atoms with Crippen molar-refractivity contribution in [2.24, 2.45) is 11.8 Å². The predicted molar refractivity (Wildman–Crippen MR) is 100 cm³/mol. The molecule has 0 saturated carbocycles. The van der Waals surface area contributed by atoms with Crippen molar-refractivity contribution in [2.75, 3.05) is 66.3 Å². The van der Waals surface area contributed by atoms with Gasteiger partial charge in [-0.05, 0) is 56.1 Å². The molecule has 0 aromatic heterocycles. The van der Waals surface area contributed by atoms with Crippen LogP contribution in [0.3, 0.4) is 0 Å². The predicted octanol–water partition coefficient (Wildman–Crippen LogP) is 1.09. The molecule has 0 amide bonds. The van der Waals surface area contributed by atoms with E-state index in [1.54, 1.807) is 0 Å². The van der Waals surface area contributed by atoms with Crippen LogP contribution < -0.4 is 9.47 Å². The van der Waals surface area contributed by atoms with Gasteiger partial charge in [0.05, 0.1) is 0 Å². The van der Waals surface area contributed by atoms with Crippen LogP contribution in [0.15, 0.2) is 18.2 Å². The van der Waals surface area contributed by atoms with Crippen LogP contribution >= 0.6 is 0 Å². The van der Waals surface area contributed by atoms with Crippen LogP contribution in [0.4, 0.5) is 0 Å². The van der Waals surface area contributed by atoms with Crippen molar-refractivity contribution in [1.82, 2.24) is 14.7 Å². The molecule has 0 spiro atoms. The highest BCUT2D eigenvalue weighted by molar-refractivity contribution is 5.44. The van der Waals surface area contributed by atoms with Crippen molar-refractivity contribution >= 4 is 0 Å². The van der Waals surface area contributed by atoms with Crippen LogP contribution in [0.25, 0.3) is 0 Å². The summed E-state index contributed by atoms with van der Waals surface area (Å²) in [4.78, 5) is 7.50. The molecule has 3 aliphatic heterocycles. The van der Waals surface area contributed by atoms with Gasteiger partial charge in [0.2, 0.25) is 6.79 Å². The van der Waals surface area contributed by atoms with E-state index in [9.17, 15) is 5.11 Å². The first-order valence-corrected chi connectivity index (χ1v) is 9.84. The molecule has 4 rings (SSSR count). The summed E-state index contributed by atoms with van der Waals surface area (Å²) in [5.41, 5.74) is 1.25. The smallest absolute Gasteiger partial charge is 0.231 e. The van der Waals surface area contributed by atoms with Gasteiger partial charge in [0.25, 0.3) is 0 Å². The van der Waals surface area contributed by atoms with Crippen LogP contribution in [-0.4, -0.2) is 86.1 Å². The Kier molecular flexibility index (Phi) is 5.64. The van der Waals surface area contributed by atoms with Gasteiger partial charge in [-0.25, -0.2) is 0 Å². The Hall–Kier alpha value is -1.34. The van der Waals surface area contributed by atoms with Gasteiger partial charge in [0, 0.05) is 45.9 Å². The number of rotatable bonds is 5. The lowest BCUT2D eigenvalue weighted by atomic mass is 9.96. The van der Waals surface area contributed by atoms with E-state index in [0.29, 0.717) is 18.6 Å². The zero-order valence-corrected chi connectivity index (χ0v) is 15.8. The molecule has 144 valence electrons. The Bertz CT molecular complexity index is 612. The molecular formula is C20H31N3O3. The highest BCUT2D eigenvalue weighted by atomic mass is 16.7. The number of likely N-dealkylation sites (tertiary alicyclic amines) is 1. The fraction of sp³-hybridized carbons (Fsp3) is 0.700. The van der Waals surface area contributed by atoms with Crippen molar-refractivity contribution in [3.05, 3.63) is 23.8 Å². The van der Waals surface area contributed by atoms with Crippen molar-refractivity contribution in [3.8, 4) is 11.5 Å². The molecular weight excluding hydrogens is 330 g/mol. The maximum absolute atomic E-state index is 9.88. The van der Waals surface area contributed by atoms with Crippen LogP contribution in [0.1, 0.15) is 12.0 Å². The topological polar surface area (TPSA) is 48.4 Å². The molecule has 2 fully saturated rings.